The van der Waals surface area contributed by atoms with Gasteiger partial charge in [0.2, 0.25) is 0 Å². The molecule has 3 aromatic rings. The summed E-state index contributed by atoms with van der Waals surface area (Å²) in [6, 6.07) is 14.7. The Bertz CT molecular complexity index is 1040. The highest BCUT2D eigenvalue weighted by molar-refractivity contribution is 6.33. The Labute approximate surface area is 170 Å². The third-order valence-electron chi connectivity index (χ3n) is 3.75. The summed E-state index contributed by atoms with van der Waals surface area (Å²) in [5.41, 5.74) is 3.79. The van der Waals surface area contributed by atoms with Crippen molar-refractivity contribution in [3.05, 3.63) is 81.5 Å². The van der Waals surface area contributed by atoms with Crippen molar-refractivity contribution in [2.45, 2.75) is 0 Å². The maximum atomic E-state index is 12.0. The highest BCUT2D eigenvalue weighted by Gasteiger charge is 2.13. The SMILES string of the molecule is COC(=O)c1ccc(-c2ccc(/C=N/NC(=O)c3ccc(Cl)cc3)o2)cc1Cl. The predicted octanol–water partition coefficient (Wildman–Crippen LogP) is 4.80. The smallest absolute Gasteiger partial charge is 0.339 e. The lowest BCUT2D eigenvalue weighted by atomic mass is 10.1. The van der Waals surface area contributed by atoms with Crippen molar-refractivity contribution in [2.24, 2.45) is 5.10 Å². The molecule has 1 amide bonds. The molecule has 0 aliphatic carbocycles. The van der Waals surface area contributed by atoms with Gasteiger partial charge in [0.15, 0.2) is 0 Å². The van der Waals surface area contributed by atoms with E-state index >= 15 is 0 Å². The Balaban J connectivity index is 1.67. The normalized spacial score (nSPS) is 10.8. The van der Waals surface area contributed by atoms with E-state index in [1.165, 1.54) is 13.3 Å². The number of ether oxygens (including phenoxy) is 1. The number of nitrogens with one attached hydrogen (secondary N) is 1. The molecule has 0 aliphatic heterocycles. The summed E-state index contributed by atoms with van der Waals surface area (Å²) < 4.78 is 10.3. The van der Waals surface area contributed by atoms with Crippen molar-refractivity contribution >= 4 is 41.3 Å². The van der Waals surface area contributed by atoms with E-state index in [9.17, 15) is 9.59 Å². The average molecular weight is 417 g/mol. The summed E-state index contributed by atoms with van der Waals surface area (Å²) in [6.45, 7) is 0. The lowest BCUT2D eigenvalue weighted by Crippen LogP contribution is -2.17. The van der Waals surface area contributed by atoms with Crippen LogP contribution in [0.25, 0.3) is 11.3 Å². The van der Waals surface area contributed by atoms with Crippen LogP contribution in [0.5, 0.6) is 0 Å². The zero-order chi connectivity index (χ0) is 20.1. The number of hydrazone groups is 1. The summed E-state index contributed by atoms with van der Waals surface area (Å²) in [5.74, 6) is 0.0773. The number of methoxy groups -OCH3 is 1. The first-order chi connectivity index (χ1) is 13.5. The van der Waals surface area contributed by atoms with Gasteiger partial charge < -0.3 is 9.15 Å². The highest BCUT2D eigenvalue weighted by Crippen LogP contribution is 2.27. The van der Waals surface area contributed by atoms with Crippen LogP contribution in [-0.4, -0.2) is 25.2 Å². The van der Waals surface area contributed by atoms with Gasteiger partial charge in [-0.05, 0) is 48.5 Å². The van der Waals surface area contributed by atoms with Crippen molar-refractivity contribution < 1.29 is 18.7 Å². The van der Waals surface area contributed by atoms with Crippen molar-refractivity contribution in [3.8, 4) is 11.3 Å². The fourth-order valence-electron chi connectivity index (χ4n) is 2.34. The number of carbonyl (C=O) groups is 2. The van der Waals surface area contributed by atoms with E-state index in [-0.39, 0.29) is 16.5 Å². The Kier molecular flexibility index (Phi) is 6.13. The molecular formula is C20H14Cl2N2O4. The predicted molar refractivity (Wildman–Crippen MR) is 107 cm³/mol. The highest BCUT2D eigenvalue weighted by atomic mass is 35.5. The molecule has 0 saturated carbocycles. The minimum absolute atomic E-state index is 0.256. The van der Waals surface area contributed by atoms with Gasteiger partial charge in [-0.25, -0.2) is 10.2 Å². The number of esters is 1. The number of rotatable bonds is 5. The van der Waals surface area contributed by atoms with Gasteiger partial charge in [-0.3, -0.25) is 4.79 Å². The molecule has 0 fully saturated rings. The van der Waals surface area contributed by atoms with Crippen molar-refractivity contribution in [2.75, 3.05) is 7.11 Å². The summed E-state index contributed by atoms with van der Waals surface area (Å²) in [7, 11) is 1.29. The fraction of sp³-hybridized carbons (Fsp3) is 0.0500. The second-order valence-electron chi connectivity index (χ2n) is 5.59. The maximum Gasteiger partial charge on any atom is 0.339 e. The first kappa shape index (κ1) is 19.7. The molecule has 2 aromatic carbocycles. The molecule has 0 unspecified atom stereocenters. The number of halogens is 2. The zero-order valence-electron chi connectivity index (χ0n) is 14.6. The number of hydrogen-bond donors (Lipinski definition) is 1. The molecule has 1 heterocycles. The number of carbonyl (C=O) groups excluding carboxylic acids is 2. The fourth-order valence-corrected chi connectivity index (χ4v) is 2.73. The van der Waals surface area contributed by atoms with Crippen LogP contribution >= 0.6 is 23.2 Å². The molecule has 0 bridgehead atoms. The number of benzene rings is 2. The Morgan fingerprint density at radius 2 is 1.82 bits per heavy atom. The molecule has 142 valence electrons. The van der Waals surface area contributed by atoms with E-state index in [4.69, 9.17) is 27.6 Å². The lowest BCUT2D eigenvalue weighted by molar-refractivity contribution is 0.0600. The van der Waals surface area contributed by atoms with Crippen molar-refractivity contribution in [1.29, 1.82) is 0 Å². The third-order valence-corrected chi connectivity index (χ3v) is 4.31. The molecule has 0 saturated heterocycles. The Morgan fingerprint density at radius 1 is 1.07 bits per heavy atom. The second-order valence-corrected chi connectivity index (χ2v) is 6.44. The summed E-state index contributed by atoms with van der Waals surface area (Å²) >= 11 is 11.9. The number of furan rings is 1. The van der Waals surface area contributed by atoms with Gasteiger partial charge in [0.25, 0.3) is 5.91 Å². The van der Waals surface area contributed by atoms with E-state index in [0.29, 0.717) is 27.7 Å². The van der Waals surface area contributed by atoms with E-state index in [1.54, 1.807) is 54.6 Å². The van der Waals surface area contributed by atoms with Gasteiger partial charge >= 0.3 is 5.97 Å². The van der Waals surface area contributed by atoms with E-state index < -0.39 is 5.97 Å². The second kappa shape index (κ2) is 8.73. The topological polar surface area (TPSA) is 80.9 Å². The molecular weight excluding hydrogens is 403 g/mol. The van der Waals surface area contributed by atoms with E-state index in [0.717, 1.165) is 0 Å². The molecule has 0 spiro atoms. The molecule has 6 nitrogen and oxygen atoms in total. The molecule has 0 aliphatic rings. The van der Waals surface area contributed by atoms with Gasteiger partial charge in [0.1, 0.15) is 11.5 Å². The van der Waals surface area contributed by atoms with Crippen LogP contribution in [0.1, 0.15) is 26.5 Å². The molecule has 0 radical (unpaired) electrons. The Morgan fingerprint density at radius 3 is 2.50 bits per heavy atom. The van der Waals surface area contributed by atoms with Crippen LogP contribution < -0.4 is 5.43 Å². The maximum absolute atomic E-state index is 12.0. The molecule has 0 atom stereocenters. The van der Waals surface area contributed by atoms with Gasteiger partial charge in [0, 0.05) is 16.1 Å². The van der Waals surface area contributed by atoms with Crippen LogP contribution in [0.2, 0.25) is 10.0 Å². The number of hydrogen-bond acceptors (Lipinski definition) is 5. The van der Waals surface area contributed by atoms with Crippen LogP contribution in [0.4, 0.5) is 0 Å². The molecule has 8 heteroatoms. The largest absolute Gasteiger partial charge is 0.465 e. The summed E-state index contributed by atoms with van der Waals surface area (Å²) in [5, 5.41) is 4.67. The average Bonchev–Trinajstić information content (AvgIpc) is 3.16. The van der Waals surface area contributed by atoms with E-state index in [2.05, 4.69) is 15.3 Å². The quantitative estimate of drug-likeness (QED) is 0.367. The van der Waals surface area contributed by atoms with Gasteiger partial charge in [-0.2, -0.15) is 5.10 Å². The van der Waals surface area contributed by atoms with Crippen LogP contribution in [0, 0.1) is 0 Å². The minimum atomic E-state index is -0.514. The molecule has 28 heavy (non-hydrogen) atoms. The molecule has 1 aromatic heterocycles. The van der Waals surface area contributed by atoms with Crippen LogP contribution in [0.3, 0.4) is 0 Å². The van der Waals surface area contributed by atoms with E-state index in [1.807, 2.05) is 0 Å². The molecule has 1 N–H and O–H groups in total. The van der Waals surface area contributed by atoms with Gasteiger partial charge in [0.05, 0.1) is 23.9 Å². The Hall–Kier alpha value is -3.09. The number of amides is 1. The first-order valence-electron chi connectivity index (χ1n) is 8.05. The monoisotopic (exact) mass is 416 g/mol. The van der Waals surface area contributed by atoms with Crippen molar-refractivity contribution in [1.82, 2.24) is 5.43 Å². The number of nitrogens with zero attached hydrogens (tertiary/aromatic N) is 1. The minimum Gasteiger partial charge on any atom is -0.465 e. The summed E-state index contributed by atoms with van der Waals surface area (Å²) in [6.07, 6.45) is 1.38. The first-order valence-corrected chi connectivity index (χ1v) is 8.80. The van der Waals surface area contributed by atoms with Crippen LogP contribution in [0.15, 0.2) is 64.1 Å². The van der Waals surface area contributed by atoms with Crippen molar-refractivity contribution in [3.63, 3.8) is 0 Å². The van der Waals surface area contributed by atoms with Crippen LogP contribution in [-0.2, 0) is 4.74 Å². The zero-order valence-corrected chi connectivity index (χ0v) is 16.1. The lowest BCUT2D eigenvalue weighted by Gasteiger charge is -2.04. The van der Waals surface area contributed by atoms with Gasteiger partial charge in [-0.1, -0.05) is 29.3 Å². The van der Waals surface area contributed by atoms with Gasteiger partial charge in [-0.15, -0.1) is 0 Å². The molecule has 3 rings (SSSR count). The third kappa shape index (κ3) is 4.60. The summed E-state index contributed by atoms with van der Waals surface area (Å²) in [4.78, 5) is 23.6. The standard InChI is InChI=1S/C20H14Cl2N2O4/c1-27-20(26)16-8-4-13(10-17(16)22)18-9-7-15(28-18)11-23-24-19(25)12-2-5-14(21)6-3-12/h2-11H,1H3,(H,24,25)/b23-11+.